The van der Waals surface area contributed by atoms with Crippen molar-refractivity contribution in [1.82, 2.24) is 0 Å². The minimum absolute atomic E-state index is 0.0848. The van der Waals surface area contributed by atoms with E-state index in [2.05, 4.69) is 5.32 Å². The fraction of sp³-hybridized carbons (Fsp3) is 0.200. The van der Waals surface area contributed by atoms with Crippen molar-refractivity contribution in [1.29, 1.82) is 0 Å². The lowest BCUT2D eigenvalue weighted by molar-refractivity contribution is -0.118. The molecular weight excluding hydrogens is 462 g/mol. The number of carbonyl (C=O) groups excluding carboxylic acids is 2. The summed E-state index contributed by atoms with van der Waals surface area (Å²) in [6.07, 6.45) is 0. The van der Waals surface area contributed by atoms with Crippen LogP contribution in [0.2, 0.25) is 5.02 Å². The second kappa shape index (κ2) is 12.4. The summed E-state index contributed by atoms with van der Waals surface area (Å²) >= 11 is 5.98. The summed E-state index contributed by atoms with van der Waals surface area (Å²) in [4.78, 5) is 24.7. The van der Waals surface area contributed by atoms with Crippen molar-refractivity contribution < 1.29 is 33.3 Å². The van der Waals surface area contributed by atoms with Crippen molar-refractivity contribution in [2.24, 2.45) is 0 Å². The van der Waals surface area contributed by atoms with Gasteiger partial charge in [-0.15, -0.1) is 0 Å². The first-order chi connectivity index (χ1) is 16.5. The Hall–Kier alpha value is -3.91. The van der Waals surface area contributed by atoms with Crippen molar-refractivity contribution in [2.75, 3.05) is 39.4 Å². The number of methoxy groups -OCH3 is 2. The average Bonchev–Trinajstić information content (AvgIpc) is 2.86. The Kier molecular flexibility index (Phi) is 8.99. The Morgan fingerprint density at radius 2 is 1.56 bits per heavy atom. The molecule has 0 aliphatic carbocycles. The van der Waals surface area contributed by atoms with E-state index in [0.717, 1.165) is 0 Å². The molecule has 0 saturated heterocycles. The third-order valence-electron chi connectivity index (χ3n) is 4.52. The molecule has 8 nitrogen and oxygen atoms in total. The second-order valence-corrected chi connectivity index (χ2v) is 7.28. The van der Waals surface area contributed by atoms with E-state index in [1.54, 1.807) is 18.2 Å². The standard InChI is InChI=1S/C25H24ClNO7/c1-30-21-11-9-18(26)15-20(21)27-24(28)16-34-22-10-8-17(14-23(22)31-2)25(29)33-13-12-32-19-6-4-3-5-7-19/h3-11,14-15H,12-13,16H2,1-2H3,(H,27,28). The highest BCUT2D eigenvalue weighted by molar-refractivity contribution is 6.31. The molecule has 3 rings (SSSR count). The molecule has 1 N–H and O–H groups in total. The lowest BCUT2D eigenvalue weighted by Crippen LogP contribution is -2.20. The van der Waals surface area contributed by atoms with Crippen LogP contribution in [0.25, 0.3) is 0 Å². The highest BCUT2D eigenvalue weighted by atomic mass is 35.5. The van der Waals surface area contributed by atoms with Gasteiger partial charge in [-0.05, 0) is 48.5 Å². The number of amides is 1. The summed E-state index contributed by atoms with van der Waals surface area (Å²) in [7, 11) is 2.92. The second-order valence-electron chi connectivity index (χ2n) is 6.84. The lowest BCUT2D eigenvalue weighted by atomic mass is 10.2. The van der Waals surface area contributed by atoms with Crippen LogP contribution in [-0.2, 0) is 9.53 Å². The zero-order valence-electron chi connectivity index (χ0n) is 18.7. The SMILES string of the molecule is COc1ccc(Cl)cc1NC(=O)COc1ccc(C(=O)OCCOc2ccccc2)cc1OC. The minimum atomic E-state index is -0.535. The van der Waals surface area contributed by atoms with Gasteiger partial charge in [0.1, 0.15) is 24.7 Å². The first-order valence-electron chi connectivity index (χ1n) is 10.3. The monoisotopic (exact) mass is 485 g/mol. The first-order valence-corrected chi connectivity index (χ1v) is 10.7. The zero-order valence-corrected chi connectivity index (χ0v) is 19.5. The molecular formula is C25H24ClNO7. The average molecular weight is 486 g/mol. The van der Waals surface area contributed by atoms with Gasteiger partial charge in [-0.3, -0.25) is 4.79 Å². The predicted octanol–water partition coefficient (Wildman–Crippen LogP) is 4.61. The maximum Gasteiger partial charge on any atom is 0.338 e. The highest BCUT2D eigenvalue weighted by Crippen LogP contribution is 2.29. The molecule has 0 fully saturated rings. The van der Waals surface area contributed by atoms with Crippen molar-refractivity contribution in [3.8, 4) is 23.0 Å². The first kappa shape index (κ1) is 24.7. The van der Waals surface area contributed by atoms with Crippen LogP contribution in [0.5, 0.6) is 23.0 Å². The molecule has 3 aromatic carbocycles. The predicted molar refractivity (Wildman–Crippen MR) is 127 cm³/mol. The Balaban J connectivity index is 1.52. The van der Waals surface area contributed by atoms with E-state index in [-0.39, 0.29) is 31.1 Å². The van der Waals surface area contributed by atoms with E-state index in [0.29, 0.717) is 28.0 Å². The van der Waals surface area contributed by atoms with E-state index in [1.165, 1.54) is 32.4 Å². The fourth-order valence-electron chi connectivity index (χ4n) is 2.92. The third-order valence-corrected chi connectivity index (χ3v) is 4.76. The van der Waals surface area contributed by atoms with Gasteiger partial charge in [0, 0.05) is 5.02 Å². The van der Waals surface area contributed by atoms with Crippen LogP contribution in [0.15, 0.2) is 66.7 Å². The van der Waals surface area contributed by atoms with E-state index in [4.69, 9.17) is 35.3 Å². The van der Waals surface area contributed by atoms with E-state index in [1.807, 2.05) is 30.3 Å². The molecule has 9 heteroatoms. The topological polar surface area (TPSA) is 92.3 Å². The molecule has 34 heavy (non-hydrogen) atoms. The number of esters is 1. The van der Waals surface area contributed by atoms with Crippen molar-refractivity contribution >= 4 is 29.2 Å². The number of carbonyl (C=O) groups is 2. The highest BCUT2D eigenvalue weighted by Gasteiger charge is 2.15. The number of para-hydroxylation sites is 1. The molecule has 0 unspecified atom stereocenters. The van der Waals surface area contributed by atoms with Gasteiger partial charge in [0.25, 0.3) is 5.91 Å². The largest absolute Gasteiger partial charge is 0.495 e. The van der Waals surface area contributed by atoms with Gasteiger partial charge in [0.2, 0.25) is 0 Å². The number of ether oxygens (including phenoxy) is 5. The number of rotatable bonds is 11. The number of halogens is 1. The molecule has 178 valence electrons. The zero-order chi connectivity index (χ0) is 24.3. The quantitative estimate of drug-likeness (QED) is 0.313. The third kappa shape index (κ3) is 7.05. The molecule has 1 amide bonds. The van der Waals surface area contributed by atoms with Gasteiger partial charge in [-0.1, -0.05) is 29.8 Å². The molecule has 0 aliphatic heterocycles. The van der Waals surface area contributed by atoms with Crippen LogP contribution in [0, 0.1) is 0 Å². The number of hydrogen-bond donors (Lipinski definition) is 1. The number of anilines is 1. The molecule has 0 radical (unpaired) electrons. The Labute approximate surface area is 202 Å². The minimum Gasteiger partial charge on any atom is -0.495 e. The number of benzene rings is 3. The summed E-state index contributed by atoms with van der Waals surface area (Å²) in [5, 5.41) is 3.13. The number of hydrogen-bond acceptors (Lipinski definition) is 7. The van der Waals surface area contributed by atoms with Gasteiger partial charge in [-0.25, -0.2) is 4.79 Å². The summed E-state index contributed by atoms with van der Waals surface area (Å²) < 4.78 is 26.8. The molecule has 0 aromatic heterocycles. The van der Waals surface area contributed by atoms with Gasteiger partial charge in [-0.2, -0.15) is 0 Å². The van der Waals surface area contributed by atoms with Gasteiger partial charge < -0.3 is 29.0 Å². The maximum absolute atomic E-state index is 12.3. The van der Waals surface area contributed by atoms with Crippen LogP contribution < -0.4 is 24.3 Å². The lowest BCUT2D eigenvalue weighted by Gasteiger charge is -2.13. The number of nitrogens with one attached hydrogen (secondary N) is 1. The van der Waals surface area contributed by atoms with Gasteiger partial charge >= 0.3 is 5.97 Å². The summed E-state index contributed by atoms with van der Waals surface area (Å²) in [6.45, 7) is 0.00861. The van der Waals surface area contributed by atoms with Gasteiger partial charge in [0.05, 0.1) is 25.5 Å². The van der Waals surface area contributed by atoms with Crippen molar-refractivity contribution in [3.05, 3.63) is 77.3 Å². The Morgan fingerprint density at radius 1 is 0.824 bits per heavy atom. The molecule has 0 atom stereocenters. The van der Waals surface area contributed by atoms with Crippen LogP contribution in [0.3, 0.4) is 0 Å². The van der Waals surface area contributed by atoms with Crippen molar-refractivity contribution in [3.63, 3.8) is 0 Å². The van der Waals surface area contributed by atoms with Gasteiger partial charge in [0.15, 0.2) is 18.1 Å². The Bertz CT molecular complexity index is 1120. The van der Waals surface area contributed by atoms with E-state index < -0.39 is 11.9 Å². The van der Waals surface area contributed by atoms with Crippen LogP contribution in [-0.4, -0.2) is 45.9 Å². The molecule has 0 bridgehead atoms. The van der Waals surface area contributed by atoms with Crippen molar-refractivity contribution in [2.45, 2.75) is 0 Å². The maximum atomic E-state index is 12.3. The summed E-state index contributed by atoms with van der Waals surface area (Å²) in [6, 6.07) is 18.6. The van der Waals surface area contributed by atoms with Crippen LogP contribution in [0.1, 0.15) is 10.4 Å². The molecule has 3 aromatic rings. The fourth-order valence-corrected chi connectivity index (χ4v) is 3.09. The normalized spacial score (nSPS) is 10.2. The molecule has 0 saturated carbocycles. The van der Waals surface area contributed by atoms with Crippen LogP contribution >= 0.6 is 11.6 Å². The van der Waals surface area contributed by atoms with E-state index in [9.17, 15) is 9.59 Å². The summed E-state index contributed by atoms with van der Waals surface area (Å²) in [5.41, 5.74) is 0.696. The molecule has 0 spiro atoms. The van der Waals surface area contributed by atoms with Crippen LogP contribution in [0.4, 0.5) is 5.69 Å². The Morgan fingerprint density at radius 3 is 2.29 bits per heavy atom. The van der Waals surface area contributed by atoms with E-state index >= 15 is 0 Å². The molecule has 0 heterocycles. The molecule has 0 aliphatic rings. The smallest absolute Gasteiger partial charge is 0.338 e. The summed E-state index contributed by atoms with van der Waals surface area (Å²) in [5.74, 6) is 0.770.